The van der Waals surface area contributed by atoms with E-state index in [1.807, 2.05) is 42.5 Å². The molecule has 0 atom stereocenters. The van der Waals surface area contributed by atoms with E-state index in [1.54, 1.807) is 32.9 Å². The molecule has 2 aromatic rings. The van der Waals surface area contributed by atoms with Crippen molar-refractivity contribution >= 4 is 40.9 Å². The minimum atomic E-state index is -1.01. The van der Waals surface area contributed by atoms with Crippen molar-refractivity contribution in [3.05, 3.63) is 60.2 Å². The lowest BCUT2D eigenvalue weighted by molar-refractivity contribution is -0.137. The number of fused-ring (bicyclic) bond motifs is 1. The van der Waals surface area contributed by atoms with Gasteiger partial charge >= 0.3 is 5.97 Å². The highest BCUT2D eigenvalue weighted by Gasteiger charge is 2.43. The normalized spacial score (nSPS) is 14.8. The van der Waals surface area contributed by atoms with Crippen LogP contribution in [0.25, 0.3) is 6.08 Å². The molecule has 7 nitrogen and oxygen atoms in total. The zero-order chi connectivity index (χ0) is 21.7. The van der Waals surface area contributed by atoms with Gasteiger partial charge in [-0.2, -0.15) is 0 Å². The highest BCUT2D eigenvalue weighted by molar-refractivity contribution is 6.14. The van der Waals surface area contributed by atoms with E-state index >= 15 is 0 Å². The number of hydrogen-bond donors (Lipinski definition) is 2. The van der Waals surface area contributed by atoms with Crippen LogP contribution in [0.2, 0.25) is 0 Å². The summed E-state index contributed by atoms with van der Waals surface area (Å²) in [7, 11) is 0. The summed E-state index contributed by atoms with van der Waals surface area (Å²) in [4.78, 5) is 38.4. The van der Waals surface area contributed by atoms with Crippen molar-refractivity contribution in [2.45, 2.75) is 26.3 Å². The number of ether oxygens (including phenoxy) is 1. The predicted molar refractivity (Wildman–Crippen MR) is 117 cm³/mol. The Morgan fingerprint density at radius 1 is 1.13 bits per heavy atom. The Hall–Kier alpha value is -3.61. The molecule has 2 N–H and O–H groups in total. The van der Waals surface area contributed by atoms with Gasteiger partial charge in [0.25, 0.3) is 0 Å². The van der Waals surface area contributed by atoms with E-state index in [0.717, 1.165) is 11.3 Å². The fraction of sp³-hybridized carbons (Fsp3) is 0.261. The standard InChI is InChI=1S/C23H25N3O4/c1-4-30-21(28)14-11-16-9-12-17(13-10-16)24-15-20(27)26-19-8-6-5-7-18(19)25-22(29)23(26,2)3/h5-14,24H,4,15H2,1-3H3,(H,25,29). The first-order valence-corrected chi connectivity index (χ1v) is 9.75. The zero-order valence-electron chi connectivity index (χ0n) is 17.3. The van der Waals surface area contributed by atoms with Crippen molar-refractivity contribution < 1.29 is 19.1 Å². The molecule has 3 rings (SSSR count). The molecule has 30 heavy (non-hydrogen) atoms. The molecule has 0 spiro atoms. The van der Waals surface area contributed by atoms with Crippen LogP contribution < -0.4 is 15.5 Å². The SMILES string of the molecule is CCOC(=O)C=Cc1ccc(NCC(=O)N2c3ccccc3NC(=O)C2(C)C)cc1. The average Bonchev–Trinajstić information content (AvgIpc) is 2.72. The van der Waals surface area contributed by atoms with Gasteiger partial charge in [0.1, 0.15) is 5.54 Å². The lowest BCUT2D eigenvalue weighted by Crippen LogP contribution is -2.59. The van der Waals surface area contributed by atoms with Crippen LogP contribution in [0.3, 0.4) is 0 Å². The van der Waals surface area contributed by atoms with Crippen LogP contribution in [-0.2, 0) is 19.1 Å². The predicted octanol–water partition coefficient (Wildman–Crippen LogP) is 3.44. The first-order chi connectivity index (χ1) is 14.3. The maximum absolute atomic E-state index is 13.0. The summed E-state index contributed by atoms with van der Waals surface area (Å²) in [5.41, 5.74) is 1.88. The van der Waals surface area contributed by atoms with Crippen LogP contribution in [0.15, 0.2) is 54.6 Å². The molecule has 0 saturated heterocycles. The van der Waals surface area contributed by atoms with Crippen LogP contribution >= 0.6 is 0 Å². The largest absolute Gasteiger partial charge is 0.463 e. The number of hydrogen-bond acceptors (Lipinski definition) is 5. The first kappa shape index (κ1) is 21.1. The number of carbonyl (C=O) groups excluding carboxylic acids is 3. The Balaban J connectivity index is 1.68. The molecule has 0 aromatic heterocycles. The summed E-state index contributed by atoms with van der Waals surface area (Å²) in [6.45, 7) is 5.56. The minimum absolute atomic E-state index is 0.0308. The fourth-order valence-electron chi connectivity index (χ4n) is 3.22. The van der Waals surface area contributed by atoms with Crippen molar-refractivity contribution in [3.8, 4) is 0 Å². The van der Waals surface area contributed by atoms with Gasteiger partial charge in [-0.05, 0) is 56.7 Å². The van der Waals surface area contributed by atoms with Crippen molar-refractivity contribution in [2.24, 2.45) is 0 Å². The molecule has 156 valence electrons. The van der Waals surface area contributed by atoms with E-state index in [2.05, 4.69) is 10.6 Å². The van der Waals surface area contributed by atoms with Gasteiger partial charge in [-0.25, -0.2) is 4.79 Å². The number of nitrogens with one attached hydrogen (secondary N) is 2. The third kappa shape index (κ3) is 4.51. The van der Waals surface area contributed by atoms with Gasteiger partial charge in [0, 0.05) is 11.8 Å². The summed E-state index contributed by atoms with van der Waals surface area (Å²) in [5.74, 6) is -0.834. The molecular weight excluding hydrogens is 382 g/mol. The fourth-order valence-corrected chi connectivity index (χ4v) is 3.22. The van der Waals surface area contributed by atoms with E-state index in [9.17, 15) is 14.4 Å². The molecule has 0 unspecified atom stereocenters. The second-order valence-electron chi connectivity index (χ2n) is 7.32. The van der Waals surface area contributed by atoms with E-state index in [-0.39, 0.29) is 18.4 Å². The lowest BCUT2D eigenvalue weighted by atomic mass is 9.96. The van der Waals surface area contributed by atoms with Crippen LogP contribution in [-0.4, -0.2) is 36.5 Å². The average molecular weight is 407 g/mol. The van der Waals surface area contributed by atoms with E-state index in [4.69, 9.17) is 4.74 Å². The number of rotatable bonds is 6. The number of para-hydroxylation sites is 2. The Morgan fingerprint density at radius 3 is 2.53 bits per heavy atom. The number of benzene rings is 2. The van der Waals surface area contributed by atoms with Gasteiger partial charge in [-0.3, -0.25) is 14.5 Å². The molecule has 1 aliphatic rings. The second kappa shape index (κ2) is 8.82. The topological polar surface area (TPSA) is 87.7 Å². The molecule has 0 aliphatic carbocycles. The van der Waals surface area contributed by atoms with Crippen LogP contribution in [0, 0.1) is 0 Å². The number of esters is 1. The Morgan fingerprint density at radius 2 is 1.83 bits per heavy atom. The summed E-state index contributed by atoms with van der Waals surface area (Å²) in [5, 5.41) is 5.95. The third-order valence-electron chi connectivity index (χ3n) is 4.81. The molecule has 1 heterocycles. The number of nitrogens with zero attached hydrogens (tertiary/aromatic N) is 1. The molecule has 0 fully saturated rings. The molecule has 0 radical (unpaired) electrons. The summed E-state index contributed by atoms with van der Waals surface area (Å²) in [6.07, 6.45) is 3.04. The van der Waals surface area contributed by atoms with E-state index in [1.165, 1.54) is 11.0 Å². The Labute approximate surface area is 175 Å². The van der Waals surface area contributed by atoms with Crippen LogP contribution in [0.5, 0.6) is 0 Å². The summed E-state index contributed by atoms with van der Waals surface area (Å²) >= 11 is 0. The second-order valence-corrected chi connectivity index (χ2v) is 7.32. The van der Waals surface area contributed by atoms with Crippen molar-refractivity contribution in [1.29, 1.82) is 0 Å². The first-order valence-electron chi connectivity index (χ1n) is 9.75. The molecule has 1 aliphatic heterocycles. The highest BCUT2D eigenvalue weighted by atomic mass is 16.5. The van der Waals surface area contributed by atoms with Crippen LogP contribution in [0.1, 0.15) is 26.3 Å². The number of carbonyl (C=O) groups is 3. The maximum atomic E-state index is 13.0. The van der Waals surface area contributed by atoms with Gasteiger partial charge in [-0.15, -0.1) is 0 Å². The Kier molecular flexibility index (Phi) is 6.20. The van der Waals surface area contributed by atoms with Crippen molar-refractivity contribution in [2.75, 3.05) is 28.7 Å². The number of anilines is 3. The quantitative estimate of drug-likeness (QED) is 0.566. The van der Waals surface area contributed by atoms with Gasteiger partial charge in [0.05, 0.1) is 24.5 Å². The minimum Gasteiger partial charge on any atom is -0.463 e. The van der Waals surface area contributed by atoms with E-state index in [0.29, 0.717) is 18.0 Å². The maximum Gasteiger partial charge on any atom is 0.330 e. The highest BCUT2D eigenvalue weighted by Crippen LogP contribution is 2.36. The molecule has 2 aromatic carbocycles. The zero-order valence-corrected chi connectivity index (χ0v) is 17.3. The van der Waals surface area contributed by atoms with Crippen LogP contribution in [0.4, 0.5) is 17.1 Å². The van der Waals surface area contributed by atoms with Gasteiger partial charge < -0.3 is 15.4 Å². The summed E-state index contributed by atoms with van der Waals surface area (Å²) < 4.78 is 4.85. The molecule has 7 heteroatoms. The summed E-state index contributed by atoms with van der Waals surface area (Å²) in [6, 6.07) is 14.5. The lowest BCUT2D eigenvalue weighted by Gasteiger charge is -2.42. The van der Waals surface area contributed by atoms with Gasteiger partial charge in [0.2, 0.25) is 11.8 Å². The Bertz CT molecular complexity index is 980. The molecular formula is C23H25N3O4. The third-order valence-corrected chi connectivity index (χ3v) is 4.81. The van der Waals surface area contributed by atoms with Crippen molar-refractivity contribution in [3.63, 3.8) is 0 Å². The molecule has 2 amide bonds. The van der Waals surface area contributed by atoms with Gasteiger partial charge in [-0.1, -0.05) is 24.3 Å². The molecule has 0 bridgehead atoms. The van der Waals surface area contributed by atoms with E-state index < -0.39 is 11.5 Å². The number of amides is 2. The van der Waals surface area contributed by atoms with Crippen molar-refractivity contribution in [1.82, 2.24) is 0 Å². The molecule has 0 saturated carbocycles. The smallest absolute Gasteiger partial charge is 0.330 e. The monoisotopic (exact) mass is 407 g/mol. The van der Waals surface area contributed by atoms with Gasteiger partial charge in [0.15, 0.2) is 0 Å².